The second-order valence-corrected chi connectivity index (χ2v) is 4.56. The van der Waals surface area contributed by atoms with E-state index in [-0.39, 0.29) is 11.9 Å². The minimum atomic E-state index is -0.0213. The van der Waals surface area contributed by atoms with Crippen molar-refractivity contribution in [2.24, 2.45) is 5.92 Å². The Hall–Kier alpha value is -1.38. The molecule has 17 heavy (non-hydrogen) atoms. The van der Waals surface area contributed by atoms with Crippen molar-refractivity contribution >= 4 is 5.97 Å². The number of hydrogen-bond donors (Lipinski definition) is 0. The lowest BCUT2D eigenvalue weighted by atomic mass is 9.80. The Morgan fingerprint density at radius 2 is 2.12 bits per heavy atom. The van der Waals surface area contributed by atoms with Gasteiger partial charge in [-0.05, 0) is 44.7 Å². The van der Waals surface area contributed by atoms with Crippen molar-refractivity contribution in [2.75, 3.05) is 6.61 Å². The molecule has 0 radical (unpaired) electrons. The molecule has 1 aliphatic rings. The van der Waals surface area contributed by atoms with Gasteiger partial charge < -0.3 is 4.74 Å². The van der Waals surface area contributed by atoms with Crippen molar-refractivity contribution in [3.05, 3.63) is 30.1 Å². The summed E-state index contributed by atoms with van der Waals surface area (Å²) in [4.78, 5) is 16.0. The van der Waals surface area contributed by atoms with E-state index in [1.54, 1.807) is 0 Å². The highest BCUT2D eigenvalue weighted by Crippen LogP contribution is 2.35. The van der Waals surface area contributed by atoms with Crippen LogP contribution in [0.3, 0.4) is 0 Å². The van der Waals surface area contributed by atoms with Gasteiger partial charge in [-0.25, -0.2) is 0 Å². The van der Waals surface area contributed by atoms with Crippen molar-refractivity contribution in [3.8, 4) is 0 Å². The Kier molecular flexibility index (Phi) is 4.13. The first-order valence-corrected chi connectivity index (χ1v) is 6.38. The van der Waals surface area contributed by atoms with Gasteiger partial charge in [0.2, 0.25) is 0 Å². The zero-order valence-corrected chi connectivity index (χ0v) is 10.3. The molecule has 1 fully saturated rings. The highest BCUT2D eigenvalue weighted by atomic mass is 16.5. The van der Waals surface area contributed by atoms with E-state index in [2.05, 4.69) is 11.1 Å². The lowest BCUT2D eigenvalue weighted by Gasteiger charge is -2.26. The normalized spacial score (nSPS) is 24.3. The molecule has 0 atom stereocenters. The number of ether oxygens (including phenoxy) is 1. The van der Waals surface area contributed by atoms with Crippen LogP contribution in [0.1, 0.15) is 44.2 Å². The Bertz CT molecular complexity index is 356. The fraction of sp³-hybridized carbons (Fsp3) is 0.571. The molecule has 1 aromatic heterocycles. The van der Waals surface area contributed by atoms with Gasteiger partial charge in [-0.2, -0.15) is 0 Å². The fourth-order valence-electron chi connectivity index (χ4n) is 2.50. The van der Waals surface area contributed by atoms with Gasteiger partial charge in [-0.1, -0.05) is 6.07 Å². The molecule has 0 aromatic carbocycles. The minimum Gasteiger partial charge on any atom is -0.466 e. The summed E-state index contributed by atoms with van der Waals surface area (Å²) in [5, 5.41) is 0. The van der Waals surface area contributed by atoms with Crippen LogP contribution in [0.2, 0.25) is 0 Å². The second kappa shape index (κ2) is 5.80. The molecule has 2 rings (SSSR count). The molecule has 1 heterocycles. The van der Waals surface area contributed by atoms with Crippen LogP contribution < -0.4 is 0 Å². The van der Waals surface area contributed by atoms with E-state index in [0.717, 1.165) is 31.4 Å². The van der Waals surface area contributed by atoms with Gasteiger partial charge in [0, 0.05) is 17.8 Å². The zero-order chi connectivity index (χ0) is 12.1. The number of esters is 1. The standard InChI is InChI=1S/C14H19NO2/c1-2-17-14(16)12-8-6-11(7-9-12)13-5-3-4-10-15-13/h3-5,10-12H,2,6-9H2,1H3. The van der Waals surface area contributed by atoms with Crippen LogP contribution in [0, 0.1) is 5.92 Å². The molecule has 1 aromatic rings. The van der Waals surface area contributed by atoms with Crippen molar-refractivity contribution in [1.82, 2.24) is 4.98 Å². The third kappa shape index (κ3) is 3.05. The third-order valence-electron chi connectivity index (χ3n) is 3.45. The number of hydrogen-bond acceptors (Lipinski definition) is 3. The number of nitrogens with zero attached hydrogens (tertiary/aromatic N) is 1. The van der Waals surface area contributed by atoms with Gasteiger partial charge in [-0.3, -0.25) is 9.78 Å². The molecular weight excluding hydrogens is 214 g/mol. The van der Waals surface area contributed by atoms with Gasteiger partial charge in [0.1, 0.15) is 0 Å². The van der Waals surface area contributed by atoms with E-state index in [1.165, 1.54) is 0 Å². The summed E-state index contributed by atoms with van der Waals surface area (Å²) >= 11 is 0. The molecule has 0 N–H and O–H groups in total. The first kappa shape index (κ1) is 12.1. The molecule has 0 spiro atoms. The highest BCUT2D eigenvalue weighted by Gasteiger charge is 2.28. The predicted octanol–water partition coefficient (Wildman–Crippen LogP) is 2.92. The number of carbonyl (C=O) groups is 1. The molecule has 92 valence electrons. The fourth-order valence-corrected chi connectivity index (χ4v) is 2.50. The molecule has 0 amide bonds. The summed E-state index contributed by atoms with van der Waals surface area (Å²) < 4.78 is 5.07. The maximum absolute atomic E-state index is 11.6. The molecule has 0 unspecified atom stereocenters. The van der Waals surface area contributed by atoms with E-state index >= 15 is 0 Å². The van der Waals surface area contributed by atoms with E-state index < -0.39 is 0 Å². The number of carbonyl (C=O) groups excluding carboxylic acids is 1. The number of pyridine rings is 1. The van der Waals surface area contributed by atoms with Crippen molar-refractivity contribution in [1.29, 1.82) is 0 Å². The largest absolute Gasteiger partial charge is 0.466 e. The van der Waals surface area contributed by atoms with Crippen LogP contribution in [0.5, 0.6) is 0 Å². The molecule has 3 heteroatoms. The van der Waals surface area contributed by atoms with Gasteiger partial charge in [0.05, 0.1) is 12.5 Å². The van der Waals surface area contributed by atoms with E-state index in [0.29, 0.717) is 12.5 Å². The van der Waals surface area contributed by atoms with Crippen LogP contribution >= 0.6 is 0 Å². The Balaban J connectivity index is 1.88. The summed E-state index contributed by atoms with van der Waals surface area (Å²) in [7, 11) is 0. The first-order valence-electron chi connectivity index (χ1n) is 6.38. The molecule has 0 bridgehead atoms. The van der Waals surface area contributed by atoms with Crippen molar-refractivity contribution in [2.45, 2.75) is 38.5 Å². The van der Waals surface area contributed by atoms with Crippen molar-refractivity contribution in [3.63, 3.8) is 0 Å². The molecule has 0 saturated heterocycles. The first-order chi connectivity index (χ1) is 8.31. The maximum atomic E-state index is 11.6. The third-order valence-corrected chi connectivity index (χ3v) is 3.45. The molecule has 3 nitrogen and oxygen atoms in total. The van der Waals surface area contributed by atoms with Crippen LogP contribution in [-0.4, -0.2) is 17.6 Å². The molecule has 0 aliphatic heterocycles. The van der Waals surface area contributed by atoms with Gasteiger partial charge in [-0.15, -0.1) is 0 Å². The maximum Gasteiger partial charge on any atom is 0.308 e. The van der Waals surface area contributed by atoms with Crippen LogP contribution in [0.4, 0.5) is 0 Å². The summed E-state index contributed by atoms with van der Waals surface area (Å²) in [6.07, 6.45) is 5.79. The lowest BCUT2D eigenvalue weighted by Crippen LogP contribution is -2.23. The number of aromatic nitrogens is 1. The average Bonchev–Trinajstić information content (AvgIpc) is 2.40. The van der Waals surface area contributed by atoms with E-state index in [1.807, 2.05) is 25.3 Å². The Morgan fingerprint density at radius 3 is 2.71 bits per heavy atom. The minimum absolute atomic E-state index is 0.0213. The molecular formula is C14H19NO2. The predicted molar refractivity (Wildman–Crippen MR) is 65.6 cm³/mol. The summed E-state index contributed by atoms with van der Waals surface area (Å²) in [5.74, 6) is 0.601. The van der Waals surface area contributed by atoms with Crippen LogP contribution in [0.15, 0.2) is 24.4 Å². The smallest absolute Gasteiger partial charge is 0.308 e. The Labute approximate surface area is 102 Å². The lowest BCUT2D eigenvalue weighted by molar-refractivity contribution is -0.149. The van der Waals surface area contributed by atoms with E-state index in [9.17, 15) is 4.79 Å². The SMILES string of the molecule is CCOC(=O)C1CCC(c2ccccn2)CC1. The zero-order valence-electron chi connectivity index (χ0n) is 10.3. The summed E-state index contributed by atoms with van der Waals surface area (Å²) in [6.45, 7) is 2.34. The second-order valence-electron chi connectivity index (χ2n) is 4.56. The molecule has 1 aliphatic carbocycles. The topological polar surface area (TPSA) is 39.2 Å². The Morgan fingerprint density at radius 1 is 1.35 bits per heavy atom. The quantitative estimate of drug-likeness (QED) is 0.753. The molecule has 1 saturated carbocycles. The van der Waals surface area contributed by atoms with Crippen LogP contribution in [-0.2, 0) is 9.53 Å². The summed E-state index contributed by atoms with van der Waals surface area (Å²) in [6, 6.07) is 6.04. The van der Waals surface area contributed by atoms with Crippen molar-refractivity contribution < 1.29 is 9.53 Å². The van der Waals surface area contributed by atoms with Gasteiger partial charge in [0.15, 0.2) is 0 Å². The van der Waals surface area contributed by atoms with Gasteiger partial charge >= 0.3 is 5.97 Å². The average molecular weight is 233 g/mol. The van der Waals surface area contributed by atoms with E-state index in [4.69, 9.17) is 4.74 Å². The number of rotatable bonds is 3. The summed E-state index contributed by atoms with van der Waals surface area (Å²) in [5.41, 5.74) is 1.16. The van der Waals surface area contributed by atoms with Crippen LogP contribution in [0.25, 0.3) is 0 Å². The van der Waals surface area contributed by atoms with Gasteiger partial charge in [0.25, 0.3) is 0 Å². The highest BCUT2D eigenvalue weighted by molar-refractivity contribution is 5.72. The monoisotopic (exact) mass is 233 g/mol.